The van der Waals surface area contributed by atoms with Crippen LogP contribution < -0.4 is 4.90 Å². The van der Waals surface area contributed by atoms with E-state index in [2.05, 4.69) is 30.7 Å². The molecule has 1 aliphatic rings. The normalized spacial score (nSPS) is 16.2. The quantitative estimate of drug-likeness (QED) is 0.811. The molecule has 0 unspecified atom stereocenters. The lowest BCUT2D eigenvalue weighted by molar-refractivity contribution is -0.118. The van der Waals surface area contributed by atoms with Crippen molar-refractivity contribution in [2.75, 3.05) is 31.6 Å². The highest BCUT2D eigenvalue weighted by molar-refractivity contribution is 6.50. The van der Waals surface area contributed by atoms with Crippen LogP contribution in [0.3, 0.4) is 0 Å². The largest absolute Gasteiger partial charge is 0.395 e. The fraction of sp³-hybridized carbons (Fsp3) is 0.450. The Bertz CT molecular complexity index is 720. The van der Waals surface area contributed by atoms with E-state index in [9.17, 15) is 9.59 Å². The summed E-state index contributed by atoms with van der Waals surface area (Å²) in [5.74, 6) is -0.418. The Hall–Kier alpha value is -2.47. The number of allylic oxidation sites excluding steroid dienone is 2. The van der Waals surface area contributed by atoms with E-state index < -0.39 is 0 Å². The maximum absolute atomic E-state index is 12.3. The Morgan fingerprint density at radius 1 is 1.19 bits per heavy atom. The summed E-state index contributed by atoms with van der Waals surface area (Å²) in [5, 5.41) is 8.99. The Morgan fingerprint density at radius 3 is 2.38 bits per heavy atom. The van der Waals surface area contributed by atoms with E-state index in [1.165, 1.54) is 6.08 Å². The number of carbonyl (C=O) groups is 2. The molecule has 1 N–H and O–H groups in total. The van der Waals surface area contributed by atoms with Crippen molar-refractivity contribution in [3.63, 3.8) is 0 Å². The summed E-state index contributed by atoms with van der Waals surface area (Å²) in [4.78, 5) is 32.8. The van der Waals surface area contributed by atoms with Gasteiger partial charge in [-0.1, -0.05) is 0 Å². The molecule has 26 heavy (non-hydrogen) atoms. The van der Waals surface area contributed by atoms with Gasteiger partial charge in [0, 0.05) is 37.9 Å². The molecule has 0 radical (unpaired) electrons. The van der Waals surface area contributed by atoms with Crippen LogP contribution in [0, 0.1) is 0 Å². The predicted molar refractivity (Wildman–Crippen MR) is 104 cm³/mol. The Labute approximate surface area is 154 Å². The first-order chi connectivity index (χ1) is 12.4. The molecule has 6 nitrogen and oxygen atoms in total. The van der Waals surface area contributed by atoms with Crippen molar-refractivity contribution >= 4 is 28.7 Å². The predicted octanol–water partition coefficient (Wildman–Crippen LogP) is 2.34. The Balaban J connectivity index is 2.20. The summed E-state index contributed by atoms with van der Waals surface area (Å²) in [5.41, 5.74) is 2.34. The van der Waals surface area contributed by atoms with Crippen LogP contribution in [0.5, 0.6) is 0 Å². The minimum absolute atomic E-state index is 0.0186. The van der Waals surface area contributed by atoms with Gasteiger partial charge in [0.05, 0.1) is 30.1 Å². The van der Waals surface area contributed by atoms with Gasteiger partial charge in [-0.15, -0.1) is 0 Å². The molecule has 140 valence electrons. The minimum Gasteiger partial charge on any atom is -0.395 e. The lowest BCUT2D eigenvalue weighted by Gasteiger charge is -2.27. The number of rotatable bonds is 7. The maximum Gasteiger partial charge on any atom is 0.202 e. The fourth-order valence-corrected chi connectivity index (χ4v) is 3.03. The smallest absolute Gasteiger partial charge is 0.202 e. The first kappa shape index (κ1) is 19.8. The van der Waals surface area contributed by atoms with Crippen LogP contribution in [0.4, 0.5) is 11.4 Å². The zero-order chi connectivity index (χ0) is 19.3. The number of carbonyl (C=O) groups excluding carboxylic acids is 2. The first-order valence-corrected chi connectivity index (χ1v) is 8.92. The van der Waals surface area contributed by atoms with Crippen LogP contribution >= 0.6 is 0 Å². The van der Waals surface area contributed by atoms with Gasteiger partial charge in [-0.25, -0.2) is 4.99 Å². The molecule has 0 saturated heterocycles. The number of anilines is 1. The molecular formula is C20H27N3O3. The van der Waals surface area contributed by atoms with Crippen LogP contribution in [0.1, 0.15) is 27.2 Å². The number of likely N-dealkylation sites (N-methyl/N-ethyl adjacent to an activating group) is 1. The molecule has 0 aromatic heterocycles. The van der Waals surface area contributed by atoms with E-state index in [-0.39, 0.29) is 30.3 Å². The highest BCUT2D eigenvalue weighted by Crippen LogP contribution is 2.23. The van der Waals surface area contributed by atoms with E-state index in [4.69, 9.17) is 5.11 Å². The number of hydrogen-bond donors (Lipinski definition) is 1. The number of aliphatic hydroxyl groups is 1. The Morgan fingerprint density at radius 2 is 1.85 bits per heavy atom. The van der Waals surface area contributed by atoms with Gasteiger partial charge in [-0.05, 0) is 45.0 Å². The van der Waals surface area contributed by atoms with Crippen molar-refractivity contribution < 1.29 is 14.7 Å². The number of benzene rings is 1. The molecule has 1 aromatic carbocycles. The molecule has 0 atom stereocenters. The van der Waals surface area contributed by atoms with Gasteiger partial charge in [0.25, 0.3) is 0 Å². The van der Waals surface area contributed by atoms with E-state index in [1.807, 2.05) is 24.3 Å². The average molecular weight is 357 g/mol. The van der Waals surface area contributed by atoms with Crippen LogP contribution in [0.25, 0.3) is 0 Å². The molecule has 0 fully saturated rings. The van der Waals surface area contributed by atoms with Crippen LogP contribution in [-0.4, -0.2) is 60.1 Å². The SMILES string of the molecule is CCN(c1ccc(N=C2CC(=O)C(N(C)CCO)=CC2=O)cc1)C(C)C. The molecule has 0 amide bonds. The summed E-state index contributed by atoms with van der Waals surface area (Å²) in [6.07, 6.45) is 1.29. The van der Waals surface area contributed by atoms with Crippen LogP contribution in [0.15, 0.2) is 41.0 Å². The number of nitrogens with zero attached hydrogens (tertiary/aromatic N) is 3. The van der Waals surface area contributed by atoms with Gasteiger partial charge in [0.15, 0.2) is 5.78 Å². The molecule has 2 rings (SSSR count). The third-order valence-corrected chi connectivity index (χ3v) is 4.42. The van der Waals surface area contributed by atoms with E-state index in [0.29, 0.717) is 24.0 Å². The number of aliphatic hydroxyl groups excluding tert-OH is 1. The molecule has 0 aliphatic heterocycles. The topological polar surface area (TPSA) is 73.2 Å². The molecule has 0 saturated carbocycles. The van der Waals surface area contributed by atoms with Crippen LogP contribution in [0.2, 0.25) is 0 Å². The van der Waals surface area contributed by atoms with Gasteiger partial charge < -0.3 is 14.9 Å². The zero-order valence-electron chi connectivity index (χ0n) is 15.9. The summed E-state index contributed by atoms with van der Waals surface area (Å²) in [7, 11) is 1.68. The van der Waals surface area contributed by atoms with Crippen LogP contribution in [-0.2, 0) is 9.59 Å². The van der Waals surface area contributed by atoms with Gasteiger partial charge in [0.1, 0.15) is 0 Å². The number of ketones is 2. The number of hydrogen-bond acceptors (Lipinski definition) is 6. The summed E-state index contributed by atoms with van der Waals surface area (Å²) < 4.78 is 0. The molecule has 6 heteroatoms. The van der Waals surface area contributed by atoms with Gasteiger partial charge >= 0.3 is 0 Å². The lowest BCUT2D eigenvalue weighted by Crippen LogP contribution is -2.33. The Kier molecular flexibility index (Phi) is 6.69. The molecule has 1 aromatic rings. The molecular weight excluding hydrogens is 330 g/mol. The van der Waals surface area contributed by atoms with Gasteiger partial charge in [0.2, 0.25) is 5.78 Å². The summed E-state index contributed by atoms with van der Waals surface area (Å²) >= 11 is 0. The van der Waals surface area contributed by atoms with Crippen molar-refractivity contribution in [1.82, 2.24) is 4.90 Å². The van der Waals surface area contributed by atoms with E-state index in [1.54, 1.807) is 11.9 Å². The summed E-state index contributed by atoms with van der Waals surface area (Å²) in [6, 6.07) is 8.09. The van der Waals surface area contributed by atoms with Crippen molar-refractivity contribution in [3.8, 4) is 0 Å². The second-order valence-corrected chi connectivity index (χ2v) is 6.59. The van der Waals surface area contributed by atoms with Crippen molar-refractivity contribution in [2.45, 2.75) is 33.2 Å². The van der Waals surface area contributed by atoms with E-state index >= 15 is 0 Å². The lowest BCUT2D eigenvalue weighted by atomic mass is 9.99. The standard InChI is InChI=1S/C20H27N3O3/c1-5-23(14(2)3)16-8-6-15(7-9-16)21-17-12-20(26)18(13-19(17)25)22(4)10-11-24/h6-9,13-14,24H,5,10-12H2,1-4H3. The van der Waals surface area contributed by atoms with E-state index in [0.717, 1.165) is 12.2 Å². The zero-order valence-corrected chi connectivity index (χ0v) is 15.9. The molecule has 0 heterocycles. The van der Waals surface area contributed by atoms with Gasteiger partial charge in [-0.3, -0.25) is 9.59 Å². The molecule has 0 bridgehead atoms. The highest BCUT2D eigenvalue weighted by atomic mass is 16.3. The van der Waals surface area contributed by atoms with Crippen molar-refractivity contribution in [2.24, 2.45) is 4.99 Å². The maximum atomic E-state index is 12.3. The average Bonchev–Trinajstić information content (AvgIpc) is 2.59. The third-order valence-electron chi connectivity index (χ3n) is 4.42. The second kappa shape index (κ2) is 8.76. The number of aliphatic imine (C=N–C) groups is 1. The molecule has 0 spiro atoms. The fourth-order valence-electron chi connectivity index (χ4n) is 3.03. The van der Waals surface area contributed by atoms with Crippen molar-refractivity contribution in [1.29, 1.82) is 0 Å². The third kappa shape index (κ3) is 4.58. The second-order valence-electron chi connectivity index (χ2n) is 6.59. The first-order valence-electron chi connectivity index (χ1n) is 8.92. The van der Waals surface area contributed by atoms with Gasteiger partial charge in [-0.2, -0.15) is 0 Å². The minimum atomic E-state index is -0.258. The summed E-state index contributed by atoms with van der Waals surface area (Å²) in [6.45, 7) is 7.53. The highest BCUT2D eigenvalue weighted by Gasteiger charge is 2.26. The van der Waals surface area contributed by atoms with Crippen molar-refractivity contribution in [3.05, 3.63) is 36.0 Å². The number of Topliss-reactive ketones (excluding diaryl/α,β-unsaturated/α-hetero) is 1. The molecule has 1 aliphatic carbocycles. The monoisotopic (exact) mass is 357 g/mol.